The van der Waals surface area contributed by atoms with Gasteiger partial charge < -0.3 is 14.7 Å². The first-order chi connectivity index (χ1) is 12.3. The number of benzene rings is 1. The van der Waals surface area contributed by atoms with Gasteiger partial charge in [-0.1, -0.05) is 0 Å². The molecule has 0 bridgehead atoms. The Bertz CT molecular complexity index is 1090. The molecule has 0 amide bonds. The lowest BCUT2D eigenvalue weighted by atomic mass is 10.0. The Hall–Kier alpha value is -2.49. The van der Waals surface area contributed by atoms with E-state index in [-0.39, 0.29) is 21.8 Å². The summed E-state index contributed by atoms with van der Waals surface area (Å²) < 4.78 is 79.8. The maximum Gasteiger partial charge on any atom is 0.417 e. The van der Waals surface area contributed by atoms with Crippen molar-refractivity contribution >= 4 is 21.8 Å². The molecule has 3 rings (SSSR count). The Balaban J connectivity index is 2.40. The second-order valence-corrected chi connectivity index (χ2v) is 6.31. The molecule has 0 radical (unpaired) electrons. The Labute approximate surface area is 148 Å². The summed E-state index contributed by atoms with van der Waals surface area (Å²) in [7, 11) is 0. The van der Waals surface area contributed by atoms with Gasteiger partial charge in [-0.2, -0.15) is 26.3 Å². The van der Waals surface area contributed by atoms with Crippen LogP contribution in [0.5, 0.6) is 0 Å². The number of nitrogens with one attached hydrogen (secondary N) is 1. The molecule has 1 unspecified atom stereocenters. The van der Waals surface area contributed by atoms with Gasteiger partial charge in [-0.25, -0.2) is 0 Å². The topological polar surface area (TPSA) is 58.0 Å². The number of aliphatic hydroxyl groups excluding tert-OH is 1. The van der Waals surface area contributed by atoms with Crippen LogP contribution in [0.3, 0.4) is 0 Å². The lowest BCUT2D eigenvalue weighted by Gasteiger charge is -2.17. The number of alkyl halides is 6. The largest absolute Gasteiger partial charge is 0.417 e. The second kappa shape index (κ2) is 6.01. The summed E-state index contributed by atoms with van der Waals surface area (Å²) in [5.41, 5.74) is -1.43. The number of H-pyrrole nitrogens is 1. The molecule has 0 fully saturated rings. The number of rotatable bonds is 2. The van der Waals surface area contributed by atoms with Gasteiger partial charge in [0.1, 0.15) is 0 Å². The lowest BCUT2D eigenvalue weighted by Crippen LogP contribution is -2.33. The molecular formula is C17H14F6N2O2. The Morgan fingerprint density at radius 1 is 1.11 bits per heavy atom. The highest BCUT2D eigenvalue weighted by Crippen LogP contribution is 2.39. The minimum atomic E-state index is -4.86. The number of fused-ring (bicyclic) bond motifs is 3. The van der Waals surface area contributed by atoms with Crippen molar-refractivity contribution in [3.63, 3.8) is 0 Å². The number of aliphatic hydroxyl groups is 1. The van der Waals surface area contributed by atoms with Crippen LogP contribution in [0.15, 0.2) is 23.0 Å². The SMILES string of the molecule is Cc1c(C)n(CC(O)C(F)(F)F)c2ccc3[nH]c(=O)cc(C(F)(F)F)c3c12. The van der Waals surface area contributed by atoms with E-state index in [4.69, 9.17) is 0 Å². The van der Waals surface area contributed by atoms with Gasteiger partial charge in [0, 0.05) is 33.6 Å². The molecule has 0 spiro atoms. The first-order valence-corrected chi connectivity index (χ1v) is 7.79. The van der Waals surface area contributed by atoms with Crippen LogP contribution in [0, 0.1) is 13.8 Å². The molecule has 27 heavy (non-hydrogen) atoms. The van der Waals surface area contributed by atoms with Crippen molar-refractivity contribution in [2.45, 2.75) is 38.8 Å². The minimum absolute atomic E-state index is 0.0704. The van der Waals surface area contributed by atoms with Gasteiger partial charge in [0.2, 0.25) is 5.56 Å². The maximum absolute atomic E-state index is 13.5. The van der Waals surface area contributed by atoms with Gasteiger partial charge in [0.25, 0.3) is 0 Å². The van der Waals surface area contributed by atoms with Crippen molar-refractivity contribution in [2.24, 2.45) is 0 Å². The molecule has 0 aliphatic rings. The van der Waals surface area contributed by atoms with E-state index in [1.54, 1.807) is 0 Å². The average molecular weight is 392 g/mol. The monoisotopic (exact) mass is 392 g/mol. The fraction of sp³-hybridized carbons (Fsp3) is 0.353. The minimum Gasteiger partial charge on any atom is -0.382 e. The highest BCUT2D eigenvalue weighted by molar-refractivity contribution is 6.09. The van der Waals surface area contributed by atoms with Crippen LogP contribution in [0.2, 0.25) is 0 Å². The quantitative estimate of drug-likeness (QED) is 0.647. The second-order valence-electron chi connectivity index (χ2n) is 6.31. The summed E-state index contributed by atoms with van der Waals surface area (Å²) in [5, 5.41) is 9.19. The predicted octanol–water partition coefficient (Wildman–Crippen LogP) is 4.04. The van der Waals surface area contributed by atoms with Gasteiger partial charge in [-0.05, 0) is 31.5 Å². The van der Waals surface area contributed by atoms with E-state index in [1.165, 1.54) is 26.0 Å². The lowest BCUT2D eigenvalue weighted by molar-refractivity contribution is -0.207. The van der Waals surface area contributed by atoms with Gasteiger partial charge in [0.15, 0.2) is 6.10 Å². The molecule has 146 valence electrons. The van der Waals surface area contributed by atoms with Crippen molar-refractivity contribution < 1.29 is 31.4 Å². The summed E-state index contributed by atoms with van der Waals surface area (Å²) in [6.45, 7) is 2.10. The van der Waals surface area contributed by atoms with Crippen molar-refractivity contribution in [3.05, 3.63) is 45.4 Å². The molecule has 3 aromatic rings. The van der Waals surface area contributed by atoms with Crippen molar-refractivity contribution in [3.8, 4) is 0 Å². The highest BCUT2D eigenvalue weighted by atomic mass is 19.4. The van der Waals surface area contributed by atoms with Crippen molar-refractivity contribution in [1.29, 1.82) is 0 Å². The Morgan fingerprint density at radius 3 is 2.30 bits per heavy atom. The summed E-state index contributed by atoms with van der Waals surface area (Å²) in [5.74, 6) is 0. The van der Waals surface area contributed by atoms with Crippen LogP contribution < -0.4 is 5.56 Å². The van der Waals surface area contributed by atoms with Crippen LogP contribution in [0.25, 0.3) is 21.8 Å². The van der Waals surface area contributed by atoms with E-state index in [1.807, 2.05) is 0 Å². The first kappa shape index (κ1) is 19.3. The number of aromatic amines is 1. The molecule has 10 heteroatoms. The Kier molecular flexibility index (Phi) is 4.29. The van der Waals surface area contributed by atoms with E-state index < -0.39 is 36.1 Å². The van der Waals surface area contributed by atoms with Gasteiger partial charge >= 0.3 is 12.4 Å². The fourth-order valence-corrected chi connectivity index (χ4v) is 3.25. The van der Waals surface area contributed by atoms with Gasteiger partial charge in [0.05, 0.1) is 12.1 Å². The molecule has 0 aliphatic carbocycles. The zero-order valence-electron chi connectivity index (χ0n) is 14.1. The number of aromatic nitrogens is 2. The van der Waals surface area contributed by atoms with E-state index >= 15 is 0 Å². The van der Waals surface area contributed by atoms with Crippen LogP contribution >= 0.6 is 0 Å². The third-order valence-corrected chi connectivity index (χ3v) is 4.64. The predicted molar refractivity (Wildman–Crippen MR) is 86.6 cm³/mol. The third-order valence-electron chi connectivity index (χ3n) is 4.64. The third kappa shape index (κ3) is 3.18. The molecule has 0 aliphatic heterocycles. The highest BCUT2D eigenvalue weighted by Gasteiger charge is 2.39. The summed E-state index contributed by atoms with van der Waals surface area (Å²) in [4.78, 5) is 13.9. The zero-order chi connectivity index (χ0) is 20.3. The zero-order valence-corrected chi connectivity index (χ0v) is 14.1. The molecule has 2 N–H and O–H groups in total. The number of pyridine rings is 1. The number of halogens is 6. The normalized spacial score (nSPS) is 14.3. The number of hydrogen-bond donors (Lipinski definition) is 2. The molecule has 2 aromatic heterocycles. The number of aryl methyl sites for hydroxylation is 1. The van der Waals surface area contributed by atoms with Crippen molar-refractivity contribution in [2.75, 3.05) is 0 Å². The first-order valence-electron chi connectivity index (χ1n) is 7.79. The number of nitrogens with zero attached hydrogens (tertiary/aromatic N) is 1. The van der Waals surface area contributed by atoms with E-state index in [0.29, 0.717) is 17.3 Å². The number of hydrogen-bond acceptors (Lipinski definition) is 2. The Morgan fingerprint density at radius 2 is 1.74 bits per heavy atom. The van der Waals surface area contributed by atoms with Crippen LogP contribution in [-0.2, 0) is 12.7 Å². The molecule has 1 aromatic carbocycles. The molecule has 4 nitrogen and oxygen atoms in total. The van der Waals surface area contributed by atoms with Gasteiger partial charge in [-0.15, -0.1) is 0 Å². The summed E-state index contributed by atoms with van der Waals surface area (Å²) in [6, 6.07) is 2.97. The molecule has 0 saturated carbocycles. The average Bonchev–Trinajstić information content (AvgIpc) is 2.77. The van der Waals surface area contributed by atoms with Crippen LogP contribution in [0.1, 0.15) is 16.8 Å². The molecule has 0 saturated heterocycles. The summed E-state index contributed by atoms with van der Waals surface area (Å²) >= 11 is 0. The van der Waals surface area contributed by atoms with E-state index in [2.05, 4.69) is 4.98 Å². The fourth-order valence-electron chi connectivity index (χ4n) is 3.25. The molecule has 2 heterocycles. The smallest absolute Gasteiger partial charge is 0.382 e. The van der Waals surface area contributed by atoms with E-state index in [0.717, 1.165) is 4.57 Å². The standard InChI is InChI=1S/C17H14F6N2O2/c1-7-8(2)25(6-12(26)17(21,22)23)11-4-3-10-15(14(7)11)9(16(18,19)20)5-13(27)24-10/h3-5,12,26H,6H2,1-2H3,(H,24,27). The van der Waals surface area contributed by atoms with E-state index in [9.17, 15) is 36.2 Å². The van der Waals surface area contributed by atoms with Crippen molar-refractivity contribution in [1.82, 2.24) is 9.55 Å². The molecule has 1 atom stereocenters. The molecular weight excluding hydrogens is 378 g/mol. The van der Waals surface area contributed by atoms with Crippen LogP contribution in [-0.4, -0.2) is 26.9 Å². The maximum atomic E-state index is 13.5. The summed E-state index contributed by atoms with van der Waals surface area (Å²) in [6.07, 6.45) is -12.4. The van der Waals surface area contributed by atoms with Crippen LogP contribution in [0.4, 0.5) is 26.3 Å². The van der Waals surface area contributed by atoms with Gasteiger partial charge in [-0.3, -0.25) is 4.79 Å².